The number of nitrogens with zero attached hydrogens (tertiary/aromatic N) is 1. The lowest BCUT2D eigenvalue weighted by atomic mass is 10.0. The molecule has 1 saturated heterocycles. The summed E-state index contributed by atoms with van der Waals surface area (Å²) in [7, 11) is -3.96. The van der Waals surface area contributed by atoms with Gasteiger partial charge in [-0.05, 0) is 37.6 Å². The molecule has 0 spiro atoms. The van der Waals surface area contributed by atoms with Crippen molar-refractivity contribution in [1.29, 1.82) is 0 Å². The van der Waals surface area contributed by atoms with Crippen LogP contribution in [-0.2, 0) is 14.8 Å². The normalized spacial score (nSPS) is 19.1. The minimum atomic E-state index is -4.86. The van der Waals surface area contributed by atoms with Gasteiger partial charge in [0.15, 0.2) is 0 Å². The van der Waals surface area contributed by atoms with Crippen LogP contribution in [0.2, 0.25) is 0 Å². The Hall–Kier alpha value is -1.85. The maximum Gasteiger partial charge on any atom is 0.573 e. The number of sulfonamides is 1. The Morgan fingerprint density at radius 1 is 1.37 bits per heavy atom. The largest absolute Gasteiger partial charge is 0.573 e. The number of halogens is 3. The fraction of sp³-hybridized carbons (Fsp3) is 0.562. The Kier molecular flexibility index (Phi) is 6.71. The summed E-state index contributed by atoms with van der Waals surface area (Å²) in [5, 5.41) is 9.54. The summed E-state index contributed by atoms with van der Waals surface area (Å²) >= 11 is 0. The fourth-order valence-electron chi connectivity index (χ4n) is 2.76. The van der Waals surface area contributed by atoms with Crippen molar-refractivity contribution < 1.29 is 36.2 Å². The molecule has 0 unspecified atom stereocenters. The second kappa shape index (κ2) is 8.44. The average molecular weight is 410 g/mol. The van der Waals surface area contributed by atoms with E-state index in [0.717, 1.165) is 24.3 Å². The molecule has 0 bridgehead atoms. The van der Waals surface area contributed by atoms with E-state index < -0.39 is 28.2 Å². The van der Waals surface area contributed by atoms with Crippen molar-refractivity contribution in [2.45, 2.75) is 37.1 Å². The molecule has 11 heteroatoms. The van der Waals surface area contributed by atoms with Gasteiger partial charge in [0.1, 0.15) is 5.75 Å². The van der Waals surface area contributed by atoms with Crippen LogP contribution in [0.3, 0.4) is 0 Å². The highest BCUT2D eigenvalue weighted by atomic mass is 32.2. The number of amides is 1. The highest BCUT2D eigenvalue weighted by Crippen LogP contribution is 2.24. The quantitative estimate of drug-likeness (QED) is 0.710. The molecular formula is C16H21F3N2O5S. The van der Waals surface area contributed by atoms with Crippen LogP contribution in [0.5, 0.6) is 5.75 Å². The van der Waals surface area contributed by atoms with Crippen LogP contribution in [0.4, 0.5) is 13.2 Å². The molecule has 1 heterocycles. The van der Waals surface area contributed by atoms with E-state index in [9.17, 15) is 31.5 Å². The zero-order valence-corrected chi connectivity index (χ0v) is 15.4. The van der Waals surface area contributed by atoms with Gasteiger partial charge in [0.2, 0.25) is 15.9 Å². The van der Waals surface area contributed by atoms with E-state index in [2.05, 4.69) is 9.46 Å². The topological polar surface area (TPSA) is 95.9 Å². The molecule has 152 valence electrons. The van der Waals surface area contributed by atoms with E-state index in [0.29, 0.717) is 19.5 Å². The number of aliphatic hydroxyl groups is 1. The molecule has 2 rings (SSSR count). The molecule has 27 heavy (non-hydrogen) atoms. The molecule has 1 aromatic carbocycles. The van der Waals surface area contributed by atoms with Crippen molar-refractivity contribution >= 4 is 15.9 Å². The second-order valence-corrected chi connectivity index (χ2v) is 8.06. The number of ether oxygens (including phenoxy) is 1. The van der Waals surface area contributed by atoms with E-state index in [4.69, 9.17) is 0 Å². The van der Waals surface area contributed by atoms with Crippen LogP contribution in [0.25, 0.3) is 0 Å². The molecule has 0 saturated carbocycles. The van der Waals surface area contributed by atoms with Crippen LogP contribution in [-0.4, -0.2) is 56.4 Å². The molecule has 1 aliphatic heterocycles. The van der Waals surface area contributed by atoms with Gasteiger partial charge in [-0.2, -0.15) is 0 Å². The maximum absolute atomic E-state index is 12.1. The lowest BCUT2D eigenvalue weighted by Crippen LogP contribution is -2.34. The summed E-state index contributed by atoms with van der Waals surface area (Å²) in [6.45, 7) is 2.47. The average Bonchev–Trinajstić information content (AvgIpc) is 3.04. The first kappa shape index (κ1) is 21.5. The Morgan fingerprint density at radius 3 is 2.52 bits per heavy atom. The molecule has 2 atom stereocenters. The summed E-state index contributed by atoms with van der Waals surface area (Å²) in [4.78, 5) is 13.4. The van der Waals surface area contributed by atoms with Crippen LogP contribution < -0.4 is 9.46 Å². The number of hydrogen-bond acceptors (Lipinski definition) is 5. The molecule has 7 nitrogen and oxygen atoms in total. The van der Waals surface area contributed by atoms with E-state index in [1.165, 1.54) is 0 Å². The highest BCUT2D eigenvalue weighted by Gasteiger charge is 2.31. The number of alkyl halides is 3. The van der Waals surface area contributed by atoms with Crippen LogP contribution >= 0.6 is 0 Å². The van der Waals surface area contributed by atoms with Gasteiger partial charge in [-0.15, -0.1) is 13.2 Å². The van der Waals surface area contributed by atoms with Gasteiger partial charge in [0.05, 0.1) is 11.0 Å². The molecular weight excluding hydrogens is 389 g/mol. The van der Waals surface area contributed by atoms with Crippen molar-refractivity contribution in [3.05, 3.63) is 24.3 Å². The second-order valence-electron chi connectivity index (χ2n) is 6.30. The fourth-order valence-corrected chi connectivity index (χ4v) is 3.79. The third kappa shape index (κ3) is 6.36. The Bertz CT molecular complexity index is 750. The number of hydrogen-bond donors (Lipinski definition) is 2. The Labute approximate surface area is 155 Å². The van der Waals surface area contributed by atoms with Gasteiger partial charge in [-0.25, -0.2) is 13.1 Å². The zero-order chi connectivity index (χ0) is 20.2. The number of carbonyl (C=O) groups is 1. The first-order valence-electron chi connectivity index (χ1n) is 8.29. The number of aliphatic hydroxyl groups excluding tert-OH is 1. The summed E-state index contributed by atoms with van der Waals surface area (Å²) in [6, 6.07) is 3.76. The molecule has 1 fully saturated rings. The maximum atomic E-state index is 12.1. The van der Waals surface area contributed by atoms with Crippen molar-refractivity contribution in [3.8, 4) is 5.75 Å². The van der Waals surface area contributed by atoms with E-state index in [1.54, 1.807) is 11.8 Å². The molecule has 2 N–H and O–H groups in total. The lowest BCUT2D eigenvalue weighted by molar-refractivity contribution is -0.274. The van der Waals surface area contributed by atoms with Crippen molar-refractivity contribution in [3.63, 3.8) is 0 Å². The molecule has 1 aliphatic rings. The third-order valence-corrected chi connectivity index (χ3v) is 5.74. The van der Waals surface area contributed by atoms with Crippen molar-refractivity contribution in [2.24, 2.45) is 5.92 Å². The summed E-state index contributed by atoms with van der Waals surface area (Å²) in [5.74, 6) is -0.740. The van der Waals surface area contributed by atoms with Crippen LogP contribution in [0.1, 0.15) is 19.8 Å². The first-order chi connectivity index (χ1) is 12.5. The summed E-state index contributed by atoms with van der Waals surface area (Å²) in [5.41, 5.74) is 0. The van der Waals surface area contributed by atoms with Gasteiger partial charge in [-0.1, -0.05) is 0 Å². The van der Waals surface area contributed by atoms with Crippen LogP contribution in [0.15, 0.2) is 29.2 Å². The highest BCUT2D eigenvalue weighted by molar-refractivity contribution is 7.89. The number of nitrogens with one attached hydrogen (secondary N) is 1. The van der Waals surface area contributed by atoms with Crippen LogP contribution in [0, 0.1) is 5.92 Å². The Balaban J connectivity index is 1.85. The van der Waals surface area contributed by atoms with E-state index in [-0.39, 0.29) is 29.7 Å². The molecule has 0 radical (unpaired) electrons. The number of likely N-dealkylation sites (tertiary alicyclic amines) is 1. The third-order valence-electron chi connectivity index (χ3n) is 4.26. The van der Waals surface area contributed by atoms with Gasteiger partial charge >= 0.3 is 6.36 Å². The minimum Gasteiger partial charge on any atom is -0.406 e. The minimum absolute atomic E-state index is 0.0167. The Morgan fingerprint density at radius 2 is 2.00 bits per heavy atom. The number of benzene rings is 1. The van der Waals surface area contributed by atoms with Gasteiger partial charge in [0, 0.05) is 32.0 Å². The van der Waals surface area contributed by atoms with Gasteiger partial charge < -0.3 is 14.7 Å². The van der Waals surface area contributed by atoms with E-state index >= 15 is 0 Å². The standard InChI is InChI=1S/C16H21F3N2O5S/c1-11(22)12-7-9-21(10-12)15(23)6-8-20-27(24,25)14-4-2-13(3-5-14)26-16(17,18)19/h2-5,11-12,20,22H,6-10H2,1H3/t11-,12-/m1/s1. The van der Waals surface area contributed by atoms with Gasteiger partial charge in [0.25, 0.3) is 0 Å². The summed E-state index contributed by atoms with van der Waals surface area (Å²) in [6.07, 6.45) is -4.73. The first-order valence-corrected chi connectivity index (χ1v) is 9.77. The van der Waals surface area contributed by atoms with Crippen molar-refractivity contribution in [2.75, 3.05) is 19.6 Å². The number of rotatable bonds is 7. The molecule has 1 amide bonds. The molecule has 0 aromatic heterocycles. The zero-order valence-electron chi connectivity index (χ0n) is 14.6. The summed E-state index contributed by atoms with van der Waals surface area (Å²) < 4.78 is 66.5. The lowest BCUT2D eigenvalue weighted by Gasteiger charge is -2.18. The number of carbonyl (C=O) groups excluding carboxylic acids is 1. The molecule has 0 aliphatic carbocycles. The monoisotopic (exact) mass is 410 g/mol. The van der Waals surface area contributed by atoms with Gasteiger partial charge in [-0.3, -0.25) is 4.79 Å². The predicted octanol–water partition coefficient (Wildman–Crippen LogP) is 1.48. The van der Waals surface area contributed by atoms with Crippen molar-refractivity contribution in [1.82, 2.24) is 9.62 Å². The van der Waals surface area contributed by atoms with E-state index in [1.807, 2.05) is 0 Å². The SMILES string of the molecule is C[C@@H](O)[C@@H]1CCN(C(=O)CCNS(=O)(=O)c2ccc(OC(F)(F)F)cc2)C1. The predicted molar refractivity (Wildman–Crippen MR) is 89.3 cm³/mol. The molecule has 1 aromatic rings. The smallest absolute Gasteiger partial charge is 0.406 e.